The second kappa shape index (κ2) is 7.25. The molecule has 0 unspecified atom stereocenters. The SMILES string of the molecule is C[C@@H]1CC(c2ccccc2)=NN(CC(=O)Nc2ccc(F)cc2)C1=O. The number of nitrogens with zero attached hydrogens (tertiary/aromatic N) is 2. The minimum absolute atomic E-state index is 0.184. The van der Waals surface area contributed by atoms with Crippen molar-refractivity contribution in [3.05, 3.63) is 66.0 Å². The van der Waals surface area contributed by atoms with E-state index in [0.29, 0.717) is 12.1 Å². The fourth-order valence-electron chi connectivity index (χ4n) is 2.66. The van der Waals surface area contributed by atoms with E-state index in [9.17, 15) is 14.0 Å². The molecule has 0 saturated carbocycles. The van der Waals surface area contributed by atoms with Crippen molar-refractivity contribution in [1.82, 2.24) is 5.01 Å². The van der Waals surface area contributed by atoms with Gasteiger partial charge in [0, 0.05) is 18.0 Å². The largest absolute Gasteiger partial charge is 0.324 e. The van der Waals surface area contributed by atoms with E-state index in [0.717, 1.165) is 11.3 Å². The van der Waals surface area contributed by atoms with Crippen molar-refractivity contribution >= 4 is 23.2 Å². The van der Waals surface area contributed by atoms with Gasteiger partial charge in [0.25, 0.3) is 0 Å². The Morgan fingerprint density at radius 1 is 1.20 bits per heavy atom. The first kappa shape index (κ1) is 16.8. The molecule has 0 saturated heterocycles. The van der Waals surface area contributed by atoms with Gasteiger partial charge in [0.2, 0.25) is 11.8 Å². The van der Waals surface area contributed by atoms with Crippen LogP contribution in [0.4, 0.5) is 10.1 Å². The molecule has 1 aliphatic rings. The zero-order chi connectivity index (χ0) is 17.8. The summed E-state index contributed by atoms with van der Waals surface area (Å²) in [5.41, 5.74) is 2.18. The summed E-state index contributed by atoms with van der Waals surface area (Å²) < 4.78 is 12.9. The van der Waals surface area contributed by atoms with Crippen LogP contribution >= 0.6 is 0 Å². The third-order valence-corrected chi connectivity index (χ3v) is 3.95. The van der Waals surface area contributed by atoms with Gasteiger partial charge >= 0.3 is 0 Å². The van der Waals surface area contributed by atoms with Crippen LogP contribution in [0.25, 0.3) is 0 Å². The van der Waals surface area contributed by atoms with Gasteiger partial charge in [0.1, 0.15) is 12.4 Å². The molecule has 128 valence electrons. The van der Waals surface area contributed by atoms with E-state index in [1.807, 2.05) is 37.3 Å². The number of hydrogen-bond donors (Lipinski definition) is 1. The highest BCUT2D eigenvalue weighted by atomic mass is 19.1. The number of hydrogen-bond acceptors (Lipinski definition) is 3. The first-order valence-electron chi connectivity index (χ1n) is 8.02. The molecule has 1 heterocycles. The van der Waals surface area contributed by atoms with Gasteiger partial charge in [-0.15, -0.1) is 0 Å². The third-order valence-electron chi connectivity index (χ3n) is 3.95. The predicted molar refractivity (Wildman–Crippen MR) is 93.5 cm³/mol. The minimum atomic E-state index is -0.384. The van der Waals surface area contributed by atoms with Crippen LogP contribution in [0.3, 0.4) is 0 Å². The van der Waals surface area contributed by atoms with Gasteiger partial charge in [0.15, 0.2) is 0 Å². The number of rotatable bonds is 4. The van der Waals surface area contributed by atoms with Crippen LogP contribution < -0.4 is 5.32 Å². The first-order valence-corrected chi connectivity index (χ1v) is 8.02. The van der Waals surface area contributed by atoms with Crippen LogP contribution in [0.1, 0.15) is 18.9 Å². The van der Waals surface area contributed by atoms with Crippen LogP contribution in [0.2, 0.25) is 0 Å². The summed E-state index contributed by atoms with van der Waals surface area (Å²) in [6, 6.07) is 15.0. The zero-order valence-corrected chi connectivity index (χ0v) is 13.8. The van der Waals surface area contributed by atoms with Gasteiger partial charge < -0.3 is 5.32 Å². The molecule has 1 N–H and O–H groups in total. The molecule has 0 radical (unpaired) electrons. The van der Waals surface area contributed by atoms with Crippen LogP contribution in [0.5, 0.6) is 0 Å². The quantitative estimate of drug-likeness (QED) is 0.931. The Bertz CT molecular complexity index is 803. The number of carbonyl (C=O) groups is 2. The highest BCUT2D eigenvalue weighted by molar-refractivity contribution is 6.05. The standard InChI is InChI=1S/C19H18FN3O2/c1-13-11-17(14-5-3-2-4-6-14)22-23(19(13)25)12-18(24)21-16-9-7-15(20)8-10-16/h2-10,13H,11-12H2,1H3,(H,21,24)/t13-/m1/s1. The number of carbonyl (C=O) groups excluding carboxylic acids is 2. The topological polar surface area (TPSA) is 61.8 Å². The van der Waals surface area contributed by atoms with E-state index < -0.39 is 0 Å². The molecular formula is C19H18FN3O2. The molecular weight excluding hydrogens is 321 g/mol. The summed E-state index contributed by atoms with van der Waals surface area (Å²) in [4.78, 5) is 24.5. The van der Waals surface area contributed by atoms with E-state index in [1.54, 1.807) is 0 Å². The van der Waals surface area contributed by atoms with E-state index in [4.69, 9.17) is 0 Å². The molecule has 6 heteroatoms. The van der Waals surface area contributed by atoms with Gasteiger partial charge in [-0.25, -0.2) is 9.40 Å². The minimum Gasteiger partial charge on any atom is -0.324 e. The Labute approximate surface area is 145 Å². The number of hydrazone groups is 1. The van der Waals surface area contributed by atoms with E-state index in [2.05, 4.69) is 10.4 Å². The van der Waals surface area contributed by atoms with Crippen molar-refractivity contribution in [2.75, 3.05) is 11.9 Å². The van der Waals surface area contributed by atoms with Crippen molar-refractivity contribution in [2.24, 2.45) is 11.0 Å². The lowest BCUT2D eigenvalue weighted by Gasteiger charge is -2.27. The van der Waals surface area contributed by atoms with Crippen LogP contribution in [0, 0.1) is 11.7 Å². The summed E-state index contributed by atoms with van der Waals surface area (Å²) in [5.74, 6) is -1.19. The lowest BCUT2D eigenvalue weighted by atomic mass is 9.96. The Balaban J connectivity index is 1.74. The maximum absolute atomic E-state index is 12.9. The Hall–Kier alpha value is -3.02. The lowest BCUT2D eigenvalue weighted by molar-refractivity contribution is -0.138. The van der Waals surface area contributed by atoms with E-state index >= 15 is 0 Å². The average molecular weight is 339 g/mol. The van der Waals surface area contributed by atoms with Crippen LogP contribution in [-0.2, 0) is 9.59 Å². The van der Waals surface area contributed by atoms with Crippen molar-refractivity contribution in [3.8, 4) is 0 Å². The molecule has 2 aromatic carbocycles. The molecule has 0 aliphatic carbocycles. The van der Waals surface area contributed by atoms with Crippen molar-refractivity contribution in [1.29, 1.82) is 0 Å². The summed E-state index contributed by atoms with van der Waals surface area (Å²) in [6.07, 6.45) is 0.541. The summed E-state index contributed by atoms with van der Waals surface area (Å²) in [5, 5.41) is 8.20. The molecule has 5 nitrogen and oxygen atoms in total. The molecule has 3 rings (SSSR count). The fourth-order valence-corrected chi connectivity index (χ4v) is 2.66. The van der Waals surface area contributed by atoms with Crippen LogP contribution in [0.15, 0.2) is 59.7 Å². The second-order valence-corrected chi connectivity index (χ2v) is 5.97. The molecule has 1 aliphatic heterocycles. The normalized spacial score (nSPS) is 17.2. The van der Waals surface area contributed by atoms with Crippen molar-refractivity contribution in [2.45, 2.75) is 13.3 Å². The monoisotopic (exact) mass is 339 g/mol. The average Bonchev–Trinajstić information content (AvgIpc) is 2.61. The second-order valence-electron chi connectivity index (χ2n) is 5.97. The van der Waals surface area contributed by atoms with Crippen molar-refractivity contribution in [3.63, 3.8) is 0 Å². The molecule has 0 bridgehead atoms. The molecule has 2 aromatic rings. The first-order chi connectivity index (χ1) is 12.0. The third kappa shape index (κ3) is 4.09. The van der Waals surface area contributed by atoms with E-state index in [-0.39, 0.29) is 30.1 Å². The molecule has 2 amide bonds. The summed E-state index contributed by atoms with van der Waals surface area (Å²) in [7, 11) is 0. The summed E-state index contributed by atoms with van der Waals surface area (Å²) >= 11 is 0. The Morgan fingerprint density at radius 2 is 1.88 bits per heavy atom. The lowest BCUT2D eigenvalue weighted by Crippen LogP contribution is -2.41. The molecule has 1 atom stereocenters. The number of benzene rings is 2. The smallest absolute Gasteiger partial charge is 0.246 e. The highest BCUT2D eigenvalue weighted by Gasteiger charge is 2.29. The van der Waals surface area contributed by atoms with Gasteiger partial charge in [-0.2, -0.15) is 5.10 Å². The Morgan fingerprint density at radius 3 is 2.56 bits per heavy atom. The number of amides is 2. The number of anilines is 1. The molecule has 0 spiro atoms. The summed E-state index contributed by atoms with van der Waals surface area (Å²) in [6.45, 7) is 1.64. The highest BCUT2D eigenvalue weighted by Crippen LogP contribution is 2.20. The van der Waals surface area contributed by atoms with E-state index in [1.165, 1.54) is 29.3 Å². The number of nitrogens with one attached hydrogen (secondary N) is 1. The van der Waals surface area contributed by atoms with Gasteiger partial charge in [-0.05, 0) is 29.8 Å². The molecule has 0 fully saturated rings. The molecule has 25 heavy (non-hydrogen) atoms. The zero-order valence-electron chi connectivity index (χ0n) is 13.8. The van der Waals surface area contributed by atoms with Crippen LogP contribution in [-0.4, -0.2) is 29.1 Å². The van der Waals surface area contributed by atoms with Gasteiger partial charge in [-0.3, -0.25) is 9.59 Å². The van der Waals surface area contributed by atoms with Gasteiger partial charge in [-0.1, -0.05) is 37.3 Å². The maximum atomic E-state index is 12.9. The van der Waals surface area contributed by atoms with Crippen molar-refractivity contribution < 1.29 is 14.0 Å². The molecule has 0 aromatic heterocycles. The fraction of sp³-hybridized carbons (Fsp3) is 0.211. The Kier molecular flexibility index (Phi) is 4.88. The maximum Gasteiger partial charge on any atom is 0.246 e. The number of halogens is 1. The predicted octanol–water partition coefficient (Wildman–Crippen LogP) is 3.04. The van der Waals surface area contributed by atoms with Gasteiger partial charge in [0.05, 0.1) is 5.71 Å².